The highest BCUT2D eigenvalue weighted by Gasteiger charge is 2.38. The zero-order valence-corrected chi connectivity index (χ0v) is 16.8. The van der Waals surface area contributed by atoms with Crippen molar-refractivity contribution in [2.24, 2.45) is 16.6 Å². The van der Waals surface area contributed by atoms with Gasteiger partial charge in [0.05, 0.1) is 28.4 Å². The minimum atomic E-state index is -0.554. The Hall–Kier alpha value is -2.54. The molecule has 0 unspecified atom stereocenters. The third kappa shape index (κ3) is 3.64. The number of hydrogen-bond acceptors (Lipinski definition) is 4. The van der Waals surface area contributed by atoms with Crippen molar-refractivity contribution < 1.29 is 4.79 Å². The Morgan fingerprint density at radius 3 is 2.78 bits per heavy atom. The number of likely N-dealkylation sites (tertiary alicyclic amines) is 1. The highest BCUT2D eigenvalue weighted by atomic mass is 35.5. The van der Waals surface area contributed by atoms with Crippen LogP contribution in [0.4, 0.5) is 0 Å². The maximum atomic E-state index is 12.8. The number of amides is 1. The van der Waals surface area contributed by atoms with E-state index in [1.165, 1.54) is 6.20 Å². The van der Waals surface area contributed by atoms with E-state index < -0.39 is 5.54 Å². The molecule has 0 radical (unpaired) electrons. The number of halogens is 1. The Balaban J connectivity index is 1.70. The van der Waals surface area contributed by atoms with E-state index in [0.717, 1.165) is 16.9 Å². The number of hydrogen-bond donors (Lipinski definition) is 2. The molecule has 0 saturated carbocycles. The average Bonchev–Trinajstić information content (AvgIpc) is 3.00. The molecule has 2 aromatic rings. The first kappa shape index (κ1) is 19.2. The number of aromatic nitrogens is 2. The maximum Gasteiger partial charge on any atom is 0.227 e. The second-order valence-corrected chi connectivity index (χ2v) is 7.76. The van der Waals surface area contributed by atoms with Crippen LogP contribution in [0.3, 0.4) is 0 Å². The SMILES string of the molecule is CN=C(C(Cl)=CN)N1CC(C(=O)NC(C)(C)c2cnc3ccc(C)cn23)C1. The van der Waals surface area contributed by atoms with Gasteiger partial charge in [-0.05, 0) is 32.4 Å². The molecule has 1 aliphatic rings. The van der Waals surface area contributed by atoms with Crippen molar-refractivity contribution in [3.8, 4) is 0 Å². The molecule has 0 aromatic carbocycles. The van der Waals surface area contributed by atoms with Crippen LogP contribution in [0.5, 0.6) is 0 Å². The predicted octanol–water partition coefficient (Wildman–Crippen LogP) is 1.99. The fraction of sp³-hybridized carbons (Fsp3) is 0.421. The van der Waals surface area contributed by atoms with Crippen molar-refractivity contribution in [3.05, 3.63) is 47.0 Å². The third-order valence-electron chi connectivity index (χ3n) is 4.85. The van der Waals surface area contributed by atoms with Crippen LogP contribution in [0.1, 0.15) is 25.1 Å². The Kier molecular flexibility index (Phi) is 5.15. The molecule has 1 aliphatic heterocycles. The first-order valence-corrected chi connectivity index (χ1v) is 9.20. The van der Waals surface area contributed by atoms with Crippen molar-refractivity contribution in [3.63, 3.8) is 0 Å². The largest absolute Gasteiger partial charge is 0.403 e. The van der Waals surface area contributed by atoms with Gasteiger partial charge in [0.1, 0.15) is 11.5 Å². The summed E-state index contributed by atoms with van der Waals surface area (Å²) in [6.07, 6.45) is 5.16. The number of nitrogens with two attached hydrogens (primary N) is 1. The highest BCUT2D eigenvalue weighted by Crippen LogP contribution is 2.25. The van der Waals surface area contributed by atoms with Gasteiger partial charge in [-0.3, -0.25) is 9.79 Å². The summed E-state index contributed by atoms with van der Waals surface area (Å²) in [4.78, 5) is 23.3. The molecular formula is C19H25ClN6O. The molecule has 3 heterocycles. The Morgan fingerprint density at radius 2 is 2.15 bits per heavy atom. The molecule has 27 heavy (non-hydrogen) atoms. The number of nitrogens with one attached hydrogen (secondary N) is 1. The van der Waals surface area contributed by atoms with Crippen LogP contribution in [-0.4, -0.2) is 46.2 Å². The lowest BCUT2D eigenvalue weighted by Gasteiger charge is -2.41. The Bertz CT molecular complexity index is 923. The lowest BCUT2D eigenvalue weighted by molar-refractivity contribution is -0.130. The standard InChI is InChI=1S/C19H25ClN6O/c1-12-5-6-16-23-8-15(26(16)9-12)19(2,3)24-18(27)13-10-25(11-13)17(22-4)14(20)7-21/h5-9,13H,10-11,21H2,1-4H3,(H,24,27). The van der Waals surface area contributed by atoms with Crippen LogP contribution in [0.25, 0.3) is 5.65 Å². The summed E-state index contributed by atoms with van der Waals surface area (Å²) in [6, 6.07) is 4.00. The lowest BCUT2D eigenvalue weighted by Crippen LogP contribution is -2.58. The van der Waals surface area contributed by atoms with Crippen LogP contribution >= 0.6 is 11.6 Å². The van der Waals surface area contributed by atoms with Crippen LogP contribution in [-0.2, 0) is 10.3 Å². The number of amidine groups is 1. The molecular weight excluding hydrogens is 364 g/mol. The van der Waals surface area contributed by atoms with Gasteiger partial charge < -0.3 is 20.4 Å². The minimum absolute atomic E-state index is 0.00200. The normalized spacial score (nSPS) is 16.6. The lowest BCUT2D eigenvalue weighted by atomic mass is 9.95. The van der Waals surface area contributed by atoms with E-state index in [-0.39, 0.29) is 11.8 Å². The number of aryl methyl sites for hydroxylation is 1. The molecule has 2 aromatic heterocycles. The van der Waals surface area contributed by atoms with Crippen LogP contribution in [0, 0.1) is 12.8 Å². The zero-order chi connectivity index (χ0) is 19.8. The molecule has 3 rings (SSSR count). The first-order chi connectivity index (χ1) is 12.8. The van der Waals surface area contributed by atoms with E-state index in [9.17, 15) is 4.79 Å². The first-order valence-electron chi connectivity index (χ1n) is 8.82. The van der Waals surface area contributed by atoms with Crippen molar-refractivity contribution in [1.82, 2.24) is 19.6 Å². The summed E-state index contributed by atoms with van der Waals surface area (Å²) < 4.78 is 2.02. The molecule has 3 N–H and O–H groups in total. The third-order valence-corrected chi connectivity index (χ3v) is 5.15. The molecule has 0 spiro atoms. The minimum Gasteiger partial charge on any atom is -0.403 e. The number of aliphatic imine (C=N–C) groups is 1. The zero-order valence-electron chi connectivity index (χ0n) is 16.0. The molecule has 7 nitrogen and oxygen atoms in total. The maximum absolute atomic E-state index is 12.8. The number of pyridine rings is 1. The number of nitrogens with zero attached hydrogens (tertiary/aromatic N) is 4. The van der Waals surface area contributed by atoms with Crippen molar-refractivity contribution in [2.45, 2.75) is 26.3 Å². The van der Waals surface area contributed by atoms with Gasteiger partial charge in [0.2, 0.25) is 5.91 Å². The molecule has 8 heteroatoms. The summed E-state index contributed by atoms with van der Waals surface area (Å²) in [7, 11) is 1.66. The summed E-state index contributed by atoms with van der Waals surface area (Å²) in [5, 5.41) is 3.54. The highest BCUT2D eigenvalue weighted by molar-refractivity contribution is 6.43. The van der Waals surface area contributed by atoms with E-state index in [4.69, 9.17) is 17.3 Å². The van der Waals surface area contributed by atoms with E-state index in [1.54, 1.807) is 7.05 Å². The van der Waals surface area contributed by atoms with Crippen molar-refractivity contribution >= 4 is 29.0 Å². The van der Waals surface area contributed by atoms with Gasteiger partial charge in [0.15, 0.2) is 0 Å². The topological polar surface area (TPSA) is 88.0 Å². The van der Waals surface area contributed by atoms with Crippen LogP contribution in [0.15, 0.2) is 40.8 Å². The quantitative estimate of drug-likeness (QED) is 0.619. The summed E-state index contributed by atoms with van der Waals surface area (Å²) in [5.74, 6) is 0.492. The van der Waals surface area contributed by atoms with Crippen LogP contribution in [0.2, 0.25) is 0 Å². The molecule has 144 valence electrons. The molecule has 0 bridgehead atoms. The molecule has 0 aliphatic carbocycles. The van der Waals surface area contributed by atoms with Crippen LogP contribution < -0.4 is 11.1 Å². The summed E-state index contributed by atoms with van der Waals surface area (Å²) in [5.41, 5.74) is 7.84. The van der Waals surface area contributed by atoms with Gasteiger partial charge in [-0.15, -0.1) is 0 Å². The van der Waals surface area contributed by atoms with Gasteiger partial charge in [0.25, 0.3) is 0 Å². The van der Waals surface area contributed by atoms with E-state index in [2.05, 4.69) is 15.3 Å². The molecule has 1 saturated heterocycles. The van der Waals surface area contributed by atoms with Crippen molar-refractivity contribution in [1.29, 1.82) is 0 Å². The van der Waals surface area contributed by atoms with E-state index in [0.29, 0.717) is 24.0 Å². The van der Waals surface area contributed by atoms with Gasteiger partial charge in [-0.25, -0.2) is 4.98 Å². The van der Waals surface area contributed by atoms with E-state index >= 15 is 0 Å². The van der Waals surface area contributed by atoms with E-state index in [1.807, 2.05) is 54.6 Å². The molecule has 1 amide bonds. The Labute approximate surface area is 163 Å². The monoisotopic (exact) mass is 388 g/mol. The van der Waals surface area contributed by atoms with Crippen molar-refractivity contribution in [2.75, 3.05) is 20.1 Å². The number of rotatable bonds is 4. The van der Waals surface area contributed by atoms with Gasteiger partial charge in [-0.1, -0.05) is 17.7 Å². The number of carbonyl (C=O) groups excluding carboxylic acids is 1. The number of carbonyl (C=O) groups is 1. The smallest absolute Gasteiger partial charge is 0.227 e. The summed E-state index contributed by atoms with van der Waals surface area (Å²) >= 11 is 6.06. The second kappa shape index (κ2) is 7.23. The predicted molar refractivity (Wildman–Crippen MR) is 108 cm³/mol. The average molecular weight is 389 g/mol. The Morgan fingerprint density at radius 1 is 1.44 bits per heavy atom. The number of imidazole rings is 1. The fourth-order valence-electron chi connectivity index (χ4n) is 3.31. The molecule has 1 fully saturated rings. The fourth-order valence-corrected chi connectivity index (χ4v) is 3.52. The second-order valence-electron chi connectivity index (χ2n) is 7.36. The van der Waals surface area contributed by atoms with Gasteiger partial charge in [-0.2, -0.15) is 0 Å². The molecule has 0 atom stereocenters. The van der Waals surface area contributed by atoms with Gasteiger partial charge in [0, 0.05) is 32.5 Å². The number of fused-ring (bicyclic) bond motifs is 1. The van der Waals surface area contributed by atoms with Gasteiger partial charge >= 0.3 is 0 Å². The summed E-state index contributed by atoms with van der Waals surface area (Å²) in [6.45, 7) is 7.13.